The minimum atomic E-state index is 0.613. The predicted molar refractivity (Wildman–Crippen MR) is 69.2 cm³/mol. The molecule has 19 heavy (non-hydrogen) atoms. The fraction of sp³-hybridized carbons (Fsp3) is 0.357. The molecule has 2 aromatic rings. The van der Waals surface area contributed by atoms with Crippen molar-refractivity contribution in [3.05, 3.63) is 41.3 Å². The molecule has 2 heterocycles. The second-order valence-electron chi connectivity index (χ2n) is 4.51. The fourth-order valence-electron chi connectivity index (χ4n) is 2.03. The van der Waals surface area contributed by atoms with Gasteiger partial charge in [-0.2, -0.15) is 0 Å². The van der Waals surface area contributed by atoms with Crippen LogP contribution in [0, 0.1) is 6.92 Å². The molecule has 1 aliphatic heterocycles. The molecule has 0 spiro atoms. The SMILES string of the molecule is Cc1cc(CNCc2ccc3c(c2)OCCO3)no1. The molecule has 0 unspecified atom stereocenters. The number of aryl methyl sites for hydroxylation is 1. The molecular weight excluding hydrogens is 244 g/mol. The topological polar surface area (TPSA) is 56.5 Å². The summed E-state index contributed by atoms with van der Waals surface area (Å²) < 4.78 is 16.1. The van der Waals surface area contributed by atoms with Crippen LogP contribution in [0.15, 0.2) is 28.8 Å². The van der Waals surface area contributed by atoms with Gasteiger partial charge in [0.05, 0.1) is 5.69 Å². The van der Waals surface area contributed by atoms with Crippen molar-refractivity contribution in [1.29, 1.82) is 0 Å². The Kier molecular flexibility index (Phi) is 3.37. The van der Waals surface area contributed by atoms with E-state index in [0.717, 1.165) is 35.1 Å². The number of rotatable bonds is 4. The van der Waals surface area contributed by atoms with Crippen LogP contribution >= 0.6 is 0 Å². The molecule has 0 atom stereocenters. The van der Waals surface area contributed by atoms with Crippen LogP contribution in [0.1, 0.15) is 17.0 Å². The predicted octanol–water partition coefficient (Wildman–Crippen LogP) is 2.04. The Morgan fingerprint density at radius 2 is 1.95 bits per heavy atom. The van der Waals surface area contributed by atoms with E-state index in [0.29, 0.717) is 19.8 Å². The molecule has 0 fully saturated rings. The van der Waals surface area contributed by atoms with Gasteiger partial charge >= 0.3 is 0 Å². The van der Waals surface area contributed by atoms with Gasteiger partial charge in [0, 0.05) is 19.2 Å². The van der Waals surface area contributed by atoms with Crippen molar-refractivity contribution in [3.8, 4) is 11.5 Å². The van der Waals surface area contributed by atoms with Gasteiger partial charge in [0.2, 0.25) is 0 Å². The van der Waals surface area contributed by atoms with Crippen LogP contribution in [-0.2, 0) is 13.1 Å². The van der Waals surface area contributed by atoms with Crippen LogP contribution in [0.3, 0.4) is 0 Å². The Morgan fingerprint density at radius 1 is 1.11 bits per heavy atom. The van der Waals surface area contributed by atoms with Gasteiger partial charge in [-0.15, -0.1) is 0 Å². The van der Waals surface area contributed by atoms with E-state index in [1.54, 1.807) is 0 Å². The van der Waals surface area contributed by atoms with E-state index in [-0.39, 0.29) is 0 Å². The number of nitrogens with zero attached hydrogens (tertiary/aromatic N) is 1. The number of hydrogen-bond acceptors (Lipinski definition) is 5. The molecule has 100 valence electrons. The van der Waals surface area contributed by atoms with E-state index < -0.39 is 0 Å². The number of hydrogen-bond donors (Lipinski definition) is 1. The van der Waals surface area contributed by atoms with Gasteiger partial charge in [0.15, 0.2) is 11.5 Å². The first-order valence-electron chi connectivity index (χ1n) is 6.33. The third kappa shape index (κ3) is 2.88. The zero-order chi connectivity index (χ0) is 13.1. The Labute approximate surface area is 111 Å². The van der Waals surface area contributed by atoms with Crippen molar-refractivity contribution >= 4 is 0 Å². The molecule has 1 N–H and O–H groups in total. The quantitative estimate of drug-likeness (QED) is 0.911. The fourth-order valence-corrected chi connectivity index (χ4v) is 2.03. The molecule has 0 amide bonds. The number of fused-ring (bicyclic) bond motifs is 1. The van der Waals surface area contributed by atoms with Crippen LogP contribution < -0.4 is 14.8 Å². The summed E-state index contributed by atoms with van der Waals surface area (Å²) in [6, 6.07) is 7.92. The molecule has 0 radical (unpaired) electrons. The lowest BCUT2D eigenvalue weighted by Gasteiger charge is -2.18. The largest absolute Gasteiger partial charge is 0.486 e. The van der Waals surface area contributed by atoms with Crippen LogP contribution in [0.5, 0.6) is 11.5 Å². The minimum Gasteiger partial charge on any atom is -0.486 e. The van der Waals surface area contributed by atoms with Crippen LogP contribution in [0.25, 0.3) is 0 Å². The van der Waals surface area contributed by atoms with Gasteiger partial charge in [-0.05, 0) is 24.6 Å². The zero-order valence-electron chi connectivity index (χ0n) is 10.8. The number of ether oxygens (including phenoxy) is 2. The zero-order valence-corrected chi connectivity index (χ0v) is 10.8. The maximum Gasteiger partial charge on any atom is 0.161 e. The second kappa shape index (κ2) is 5.32. The summed E-state index contributed by atoms with van der Waals surface area (Å²) in [7, 11) is 0. The molecule has 0 saturated carbocycles. The van der Waals surface area contributed by atoms with Crippen molar-refractivity contribution in [3.63, 3.8) is 0 Å². The van der Waals surface area contributed by atoms with Crippen LogP contribution in [-0.4, -0.2) is 18.4 Å². The number of benzene rings is 1. The Morgan fingerprint density at radius 3 is 2.74 bits per heavy atom. The monoisotopic (exact) mass is 260 g/mol. The average molecular weight is 260 g/mol. The Hall–Kier alpha value is -2.01. The lowest BCUT2D eigenvalue weighted by atomic mass is 10.2. The summed E-state index contributed by atoms with van der Waals surface area (Å²) in [6.07, 6.45) is 0. The molecule has 0 aliphatic carbocycles. The summed E-state index contributed by atoms with van der Waals surface area (Å²) in [6.45, 7) is 4.56. The molecule has 5 heteroatoms. The van der Waals surface area contributed by atoms with Crippen molar-refractivity contribution in [2.24, 2.45) is 0 Å². The van der Waals surface area contributed by atoms with E-state index >= 15 is 0 Å². The molecule has 0 saturated heterocycles. The third-order valence-electron chi connectivity index (χ3n) is 2.92. The van der Waals surface area contributed by atoms with Crippen molar-refractivity contribution in [2.45, 2.75) is 20.0 Å². The van der Waals surface area contributed by atoms with E-state index in [9.17, 15) is 0 Å². The van der Waals surface area contributed by atoms with Gasteiger partial charge in [-0.3, -0.25) is 0 Å². The first-order chi connectivity index (χ1) is 9.31. The molecule has 1 aromatic carbocycles. The van der Waals surface area contributed by atoms with E-state index in [4.69, 9.17) is 14.0 Å². The summed E-state index contributed by atoms with van der Waals surface area (Å²) in [5.74, 6) is 2.47. The lowest BCUT2D eigenvalue weighted by Crippen LogP contribution is -2.16. The average Bonchev–Trinajstić information content (AvgIpc) is 2.84. The van der Waals surface area contributed by atoms with Gasteiger partial charge in [0.25, 0.3) is 0 Å². The molecular formula is C14H16N2O3. The lowest BCUT2D eigenvalue weighted by molar-refractivity contribution is 0.171. The standard InChI is InChI=1S/C14H16N2O3/c1-10-6-12(16-19-10)9-15-8-11-2-3-13-14(7-11)18-5-4-17-13/h2-3,6-7,15H,4-5,8-9H2,1H3. The summed E-state index contributed by atoms with van der Waals surface area (Å²) in [4.78, 5) is 0. The van der Waals surface area contributed by atoms with Gasteiger partial charge in [-0.25, -0.2) is 0 Å². The van der Waals surface area contributed by atoms with Crippen molar-refractivity contribution < 1.29 is 14.0 Å². The van der Waals surface area contributed by atoms with E-state index in [2.05, 4.69) is 10.5 Å². The van der Waals surface area contributed by atoms with Crippen molar-refractivity contribution in [1.82, 2.24) is 10.5 Å². The van der Waals surface area contributed by atoms with Crippen LogP contribution in [0.4, 0.5) is 0 Å². The number of aromatic nitrogens is 1. The summed E-state index contributed by atoms with van der Waals surface area (Å²) in [5.41, 5.74) is 2.07. The van der Waals surface area contributed by atoms with Crippen molar-refractivity contribution in [2.75, 3.05) is 13.2 Å². The number of nitrogens with one attached hydrogen (secondary N) is 1. The molecule has 0 bridgehead atoms. The molecule has 5 nitrogen and oxygen atoms in total. The smallest absolute Gasteiger partial charge is 0.161 e. The van der Waals surface area contributed by atoms with E-state index in [1.807, 2.05) is 31.2 Å². The van der Waals surface area contributed by atoms with Gasteiger partial charge < -0.3 is 19.3 Å². The third-order valence-corrected chi connectivity index (χ3v) is 2.92. The minimum absolute atomic E-state index is 0.613. The Balaban J connectivity index is 1.58. The molecule has 1 aromatic heterocycles. The van der Waals surface area contributed by atoms with Crippen LogP contribution in [0.2, 0.25) is 0 Å². The molecule has 3 rings (SSSR count). The maximum atomic E-state index is 5.55. The highest BCUT2D eigenvalue weighted by molar-refractivity contribution is 5.43. The Bertz CT molecular complexity index is 566. The molecule has 1 aliphatic rings. The highest BCUT2D eigenvalue weighted by atomic mass is 16.6. The maximum absolute atomic E-state index is 5.55. The normalized spacial score (nSPS) is 13.5. The van der Waals surface area contributed by atoms with Gasteiger partial charge in [0.1, 0.15) is 19.0 Å². The summed E-state index contributed by atoms with van der Waals surface area (Å²) in [5, 5.41) is 7.25. The first-order valence-corrected chi connectivity index (χ1v) is 6.33. The van der Waals surface area contributed by atoms with E-state index in [1.165, 1.54) is 0 Å². The highest BCUT2D eigenvalue weighted by Crippen LogP contribution is 2.30. The second-order valence-corrected chi connectivity index (χ2v) is 4.51. The highest BCUT2D eigenvalue weighted by Gasteiger charge is 2.11. The van der Waals surface area contributed by atoms with Gasteiger partial charge in [-0.1, -0.05) is 11.2 Å². The summed E-state index contributed by atoms with van der Waals surface area (Å²) >= 11 is 0. The first kappa shape index (κ1) is 12.0.